The molecule has 1 aliphatic carbocycles. The second-order valence-corrected chi connectivity index (χ2v) is 12.1. The van der Waals surface area contributed by atoms with Crippen LogP contribution in [-0.2, 0) is 21.2 Å². The third-order valence-corrected chi connectivity index (χ3v) is 9.37. The van der Waals surface area contributed by atoms with Crippen LogP contribution in [0.25, 0.3) is 0 Å². The summed E-state index contributed by atoms with van der Waals surface area (Å²) in [6.45, 7) is 1.96. The average molecular weight is 516 g/mol. The number of β-amino-alcohol motifs (C(OH)–C–C–N with tert-alkyl or cyclic N) is 1. The van der Waals surface area contributed by atoms with E-state index in [0.717, 1.165) is 30.5 Å². The summed E-state index contributed by atoms with van der Waals surface area (Å²) < 4.78 is 33.4. The number of aliphatic hydroxyl groups excluding tert-OH is 1. The van der Waals surface area contributed by atoms with Gasteiger partial charge in [0.05, 0.1) is 30.1 Å². The van der Waals surface area contributed by atoms with E-state index in [0.29, 0.717) is 37.2 Å². The SMILES string of the molecule is COc1ccc(S(=O)(=O)N(C)C)c2c1CCCC2C(=O)N(C)C(CN1CC[C@H](O)C1)c1ccccc1. The summed E-state index contributed by atoms with van der Waals surface area (Å²) in [5, 5.41) is 10.0. The lowest BCUT2D eigenvalue weighted by Gasteiger charge is -2.36. The summed E-state index contributed by atoms with van der Waals surface area (Å²) >= 11 is 0. The highest BCUT2D eigenvalue weighted by Crippen LogP contribution is 2.43. The van der Waals surface area contributed by atoms with Gasteiger partial charge in [-0.15, -0.1) is 0 Å². The first-order valence-corrected chi connectivity index (χ1v) is 13.9. The Balaban J connectivity index is 1.74. The van der Waals surface area contributed by atoms with Crippen LogP contribution in [0.4, 0.5) is 0 Å². The lowest BCUT2D eigenvalue weighted by molar-refractivity contribution is -0.134. The maximum atomic E-state index is 14.2. The van der Waals surface area contributed by atoms with Crippen molar-refractivity contribution >= 4 is 15.9 Å². The van der Waals surface area contributed by atoms with Gasteiger partial charge in [0.25, 0.3) is 0 Å². The first kappa shape index (κ1) is 26.6. The number of sulfonamides is 1. The van der Waals surface area contributed by atoms with E-state index < -0.39 is 15.9 Å². The van der Waals surface area contributed by atoms with Crippen molar-refractivity contribution in [2.24, 2.45) is 0 Å². The van der Waals surface area contributed by atoms with Gasteiger partial charge < -0.3 is 14.7 Å². The Morgan fingerprint density at radius 3 is 2.47 bits per heavy atom. The van der Waals surface area contributed by atoms with E-state index in [1.165, 1.54) is 18.4 Å². The van der Waals surface area contributed by atoms with Crippen LogP contribution in [0.15, 0.2) is 47.4 Å². The standard InChI is InChI=1S/C27H37N3O5S/c1-28(2)36(33,34)25-14-13-24(35-4)21-11-8-12-22(26(21)25)27(32)29(3)23(19-9-6-5-7-10-19)18-30-16-15-20(31)17-30/h5-7,9-10,13-14,20,22-23,31H,8,11-12,15-18H2,1-4H3/t20-,22?,23?/m0/s1. The van der Waals surface area contributed by atoms with Gasteiger partial charge in [0.15, 0.2) is 0 Å². The molecule has 2 aromatic rings. The van der Waals surface area contributed by atoms with E-state index in [9.17, 15) is 18.3 Å². The largest absolute Gasteiger partial charge is 0.496 e. The fourth-order valence-corrected chi connectivity index (χ4v) is 6.68. The number of ether oxygens (including phenoxy) is 1. The first-order chi connectivity index (χ1) is 17.1. The molecule has 1 fully saturated rings. The van der Waals surface area contributed by atoms with Crippen molar-refractivity contribution in [3.05, 3.63) is 59.2 Å². The molecule has 2 aromatic carbocycles. The minimum atomic E-state index is -3.76. The van der Waals surface area contributed by atoms with Gasteiger partial charge in [-0.1, -0.05) is 30.3 Å². The van der Waals surface area contributed by atoms with Crippen molar-refractivity contribution in [2.45, 2.75) is 48.6 Å². The van der Waals surface area contributed by atoms with Crippen LogP contribution in [-0.4, -0.2) is 87.5 Å². The number of likely N-dealkylation sites (tertiary alicyclic amines) is 1. The molecule has 3 atom stereocenters. The molecule has 1 saturated heterocycles. The van der Waals surface area contributed by atoms with Crippen molar-refractivity contribution in [3.8, 4) is 5.75 Å². The normalized spacial score (nSPS) is 21.3. The van der Waals surface area contributed by atoms with Crippen LogP contribution in [0, 0.1) is 0 Å². The van der Waals surface area contributed by atoms with Gasteiger partial charge >= 0.3 is 0 Å². The maximum Gasteiger partial charge on any atom is 0.242 e. The number of carbonyl (C=O) groups is 1. The number of likely N-dealkylation sites (N-methyl/N-ethyl adjacent to an activating group) is 1. The van der Waals surface area contributed by atoms with E-state index in [2.05, 4.69) is 4.90 Å². The quantitative estimate of drug-likeness (QED) is 0.581. The first-order valence-electron chi connectivity index (χ1n) is 12.5. The van der Waals surface area contributed by atoms with E-state index in [1.807, 2.05) is 30.3 Å². The van der Waals surface area contributed by atoms with Crippen LogP contribution in [0.3, 0.4) is 0 Å². The molecule has 0 radical (unpaired) electrons. The van der Waals surface area contributed by atoms with Crippen molar-refractivity contribution in [2.75, 3.05) is 47.9 Å². The van der Waals surface area contributed by atoms with E-state index >= 15 is 0 Å². The number of carbonyl (C=O) groups excluding carboxylic acids is 1. The summed E-state index contributed by atoms with van der Waals surface area (Å²) in [7, 11) is 2.63. The monoisotopic (exact) mass is 515 g/mol. The van der Waals surface area contributed by atoms with Gasteiger partial charge in [-0.05, 0) is 54.5 Å². The number of amides is 1. The molecule has 0 bridgehead atoms. The van der Waals surface area contributed by atoms with Crippen LogP contribution in [0.2, 0.25) is 0 Å². The Morgan fingerprint density at radius 1 is 1.14 bits per heavy atom. The number of hydrogen-bond acceptors (Lipinski definition) is 6. The van der Waals surface area contributed by atoms with Gasteiger partial charge in [-0.2, -0.15) is 0 Å². The molecule has 0 saturated carbocycles. The molecule has 196 valence electrons. The van der Waals surface area contributed by atoms with Crippen molar-refractivity contribution in [1.29, 1.82) is 0 Å². The molecule has 1 amide bonds. The van der Waals surface area contributed by atoms with Crippen molar-refractivity contribution in [3.63, 3.8) is 0 Å². The fraction of sp³-hybridized carbons (Fsp3) is 0.519. The average Bonchev–Trinajstić information content (AvgIpc) is 3.30. The summed E-state index contributed by atoms with van der Waals surface area (Å²) in [4.78, 5) is 18.3. The Hall–Kier alpha value is -2.46. The lowest BCUT2D eigenvalue weighted by atomic mass is 9.81. The van der Waals surface area contributed by atoms with E-state index in [-0.39, 0.29) is 22.9 Å². The minimum Gasteiger partial charge on any atom is -0.496 e. The van der Waals surface area contributed by atoms with Crippen molar-refractivity contribution in [1.82, 2.24) is 14.1 Å². The van der Waals surface area contributed by atoms with Crippen LogP contribution < -0.4 is 4.74 Å². The Morgan fingerprint density at radius 2 is 1.86 bits per heavy atom. The molecule has 4 rings (SSSR count). The molecule has 0 spiro atoms. The molecule has 1 heterocycles. The predicted molar refractivity (Wildman–Crippen MR) is 139 cm³/mol. The van der Waals surface area contributed by atoms with E-state index in [1.54, 1.807) is 31.2 Å². The molecule has 9 heteroatoms. The van der Waals surface area contributed by atoms with E-state index in [4.69, 9.17) is 4.74 Å². The second kappa shape index (κ2) is 10.9. The van der Waals surface area contributed by atoms with Crippen LogP contribution >= 0.6 is 0 Å². The predicted octanol–water partition coefficient (Wildman–Crippen LogP) is 2.63. The Bertz CT molecular complexity index is 1190. The zero-order valence-corrected chi connectivity index (χ0v) is 22.4. The smallest absolute Gasteiger partial charge is 0.242 e. The number of aliphatic hydroxyl groups is 1. The minimum absolute atomic E-state index is 0.104. The van der Waals surface area contributed by atoms with Gasteiger partial charge in [0.2, 0.25) is 15.9 Å². The molecule has 1 N–H and O–H groups in total. The third-order valence-electron chi connectivity index (χ3n) is 7.50. The molecular formula is C27H37N3O5S. The number of benzene rings is 2. The molecule has 36 heavy (non-hydrogen) atoms. The maximum absolute atomic E-state index is 14.2. The summed E-state index contributed by atoms with van der Waals surface area (Å²) in [6, 6.07) is 12.9. The van der Waals surface area contributed by atoms with Crippen LogP contribution in [0.5, 0.6) is 5.75 Å². The molecule has 2 unspecified atom stereocenters. The molecule has 8 nitrogen and oxygen atoms in total. The fourth-order valence-electron chi connectivity index (χ4n) is 5.50. The second-order valence-electron chi connectivity index (χ2n) is 9.97. The molecule has 2 aliphatic rings. The number of hydrogen-bond donors (Lipinski definition) is 1. The number of rotatable bonds is 8. The highest BCUT2D eigenvalue weighted by Gasteiger charge is 2.38. The van der Waals surface area contributed by atoms with Gasteiger partial charge in [0, 0.05) is 40.8 Å². The highest BCUT2D eigenvalue weighted by atomic mass is 32.2. The topological polar surface area (TPSA) is 90.4 Å². The van der Waals surface area contributed by atoms with Gasteiger partial charge in [0.1, 0.15) is 5.75 Å². The lowest BCUT2D eigenvalue weighted by Crippen LogP contribution is -2.42. The van der Waals surface area contributed by atoms with Gasteiger partial charge in [-0.25, -0.2) is 12.7 Å². The Labute approximate surface area is 214 Å². The number of methoxy groups -OCH3 is 1. The number of fused-ring (bicyclic) bond motifs is 1. The summed E-state index contributed by atoms with van der Waals surface area (Å²) in [6.07, 6.45) is 2.38. The summed E-state index contributed by atoms with van der Waals surface area (Å²) in [5.74, 6) is -0.0736. The number of nitrogens with zero attached hydrogens (tertiary/aromatic N) is 3. The summed E-state index contributed by atoms with van der Waals surface area (Å²) in [5.41, 5.74) is 2.38. The molecule has 0 aromatic heterocycles. The van der Waals surface area contributed by atoms with Crippen molar-refractivity contribution < 1.29 is 23.1 Å². The zero-order chi connectivity index (χ0) is 26.0. The molecular weight excluding hydrogens is 478 g/mol. The highest BCUT2D eigenvalue weighted by molar-refractivity contribution is 7.89. The van der Waals surface area contributed by atoms with Crippen LogP contribution in [0.1, 0.15) is 47.9 Å². The molecule has 1 aliphatic heterocycles. The zero-order valence-electron chi connectivity index (χ0n) is 21.6. The third kappa shape index (κ3) is 5.16. The Kier molecular flexibility index (Phi) is 8.04. The van der Waals surface area contributed by atoms with Gasteiger partial charge in [-0.3, -0.25) is 9.69 Å².